The molecule has 0 unspecified atom stereocenters. The Bertz CT molecular complexity index is 613. The van der Waals surface area contributed by atoms with E-state index in [9.17, 15) is 4.39 Å². The average molecular weight is 357 g/mol. The highest BCUT2D eigenvalue weighted by atomic mass is 79.9. The van der Waals surface area contributed by atoms with Crippen molar-refractivity contribution in [2.45, 2.75) is 26.4 Å². The molecule has 1 N–H and O–H groups in total. The van der Waals surface area contributed by atoms with Crippen LogP contribution in [0, 0.1) is 5.82 Å². The van der Waals surface area contributed by atoms with Crippen molar-refractivity contribution in [2.24, 2.45) is 0 Å². The van der Waals surface area contributed by atoms with Crippen LogP contribution in [0.4, 0.5) is 4.39 Å². The van der Waals surface area contributed by atoms with Gasteiger partial charge in [-0.05, 0) is 45.3 Å². The number of hydrogen-bond donors (Lipinski definition) is 1. The van der Waals surface area contributed by atoms with E-state index in [1.165, 1.54) is 0 Å². The molecule has 4 heteroatoms. The van der Waals surface area contributed by atoms with E-state index in [1.54, 1.807) is 12.1 Å². The molecule has 0 atom stereocenters. The molecule has 0 aliphatic carbocycles. The van der Waals surface area contributed by atoms with Gasteiger partial charge in [0.1, 0.15) is 5.82 Å². The predicted molar refractivity (Wildman–Crippen MR) is 86.5 cm³/mol. The summed E-state index contributed by atoms with van der Waals surface area (Å²) in [6.45, 7) is 4.82. The lowest BCUT2D eigenvalue weighted by atomic mass is 10.0. The Morgan fingerprint density at radius 1 is 1.25 bits per heavy atom. The summed E-state index contributed by atoms with van der Waals surface area (Å²) in [5, 5.41) is 4.01. The first kappa shape index (κ1) is 15.5. The van der Waals surface area contributed by atoms with Crippen LogP contribution in [-0.4, -0.2) is 6.04 Å². The lowest BCUT2D eigenvalue weighted by Crippen LogP contribution is -2.22. The zero-order chi connectivity index (χ0) is 14.7. The summed E-state index contributed by atoms with van der Waals surface area (Å²) in [5.74, 6) is -0.252. The van der Waals surface area contributed by atoms with Crippen molar-refractivity contribution in [1.82, 2.24) is 5.32 Å². The van der Waals surface area contributed by atoms with Crippen LogP contribution in [0.5, 0.6) is 0 Å². The Morgan fingerprint density at radius 2 is 2.00 bits per heavy atom. The molecule has 0 amide bonds. The SMILES string of the molecule is CC(C)NCc1cc(-c2cccc(Br)c2F)ccc1Cl. The lowest BCUT2D eigenvalue weighted by molar-refractivity contribution is 0.589. The Balaban J connectivity index is 2.38. The summed E-state index contributed by atoms with van der Waals surface area (Å²) in [4.78, 5) is 0. The number of nitrogens with one attached hydrogen (secondary N) is 1. The first-order chi connectivity index (χ1) is 9.49. The summed E-state index contributed by atoms with van der Waals surface area (Å²) in [5.41, 5.74) is 2.37. The third-order valence-corrected chi connectivity index (χ3v) is 3.99. The van der Waals surface area contributed by atoms with E-state index in [4.69, 9.17) is 11.6 Å². The van der Waals surface area contributed by atoms with Gasteiger partial charge in [0.2, 0.25) is 0 Å². The molecular formula is C16H16BrClFN. The van der Waals surface area contributed by atoms with Gasteiger partial charge in [-0.3, -0.25) is 0 Å². The highest BCUT2D eigenvalue weighted by Crippen LogP contribution is 2.30. The Kier molecular flexibility index (Phi) is 5.19. The summed E-state index contributed by atoms with van der Waals surface area (Å²) >= 11 is 9.41. The van der Waals surface area contributed by atoms with Crippen molar-refractivity contribution >= 4 is 27.5 Å². The highest BCUT2D eigenvalue weighted by Gasteiger charge is 2.10. The summed E-state index contributed by atoms with van der Waals surface area (Å²) < 4.78 is 14.6. The van der Waals surface area contributed by atoms with Crippen LogP contribution in [0.1, 0.15) is 19.4 Å². The van der Waals surface area contributed by atoms with E-state index in [-0.39, 0.29) is 5.82 Å². The molecule has 0 aromatic heterocycles. The number of rotatable bonds is 4. The zero-order valence-electron chi connectivity index (χ0n) is 11.4. The fraction of sp³-hybridized carbons (Fsp3) is 0.250. The van der Waals surface area contributed by atoms with Crippen LogP contribution in [0.3, 0.4) is 0 Å². The summed E-state index contributed by atoms with van der Waals surface area (Å²) in [6.07, 6.45) is 0. The second-order valence-corrected chi connectivity index (χ2v) is 6.20. The van der Waals surface area contributed by atoms with Gasteiger partial charge in [-0.15, -0.1) is 0 Å². The third-order valence-electron chi connectivity index (χ3n) is 3.01. The molecule has 20 heavy (non-hydrogen) atoms. The molecule has 2 aromatic rings. The van der Waals surface area contributed by atoms with E-state index >= 15 is 0 Å². The molecule has 0 heterocycles. The smallest absolute Gasteiger partial charge is 0.145 e. The van der Waals surface area contributed by atoms with Gasteiger partial charge in [0.25, 0.3) is 0 Å². The molecule has 0 saturated heterocycles. The van der Waals surface area contributed by atoms with E-state index < -0.39 is 0 Å². The number of halogens is 3. The van der Waals surface area contributed by atoms with Crippen molar-refractivity contribution in [1.29, 1.82) is 0 Å². The van der Waals surface area contributed by atoms with Crippen molar-refractivity contribution < 1.29 is 4.39 Å². The Labute approximate surface area is 132 Å². The Morgan fingerprint density at radius 3 is 2.70 bits per heavy atom. The van der Waals surface area contributed by atoms with E-state index in [0.717, 1.165) is 11.1 Å². The molecule has 0 aliphatic heterocycles. The van der Waals surface area contributed by atoms with Crippen LogP contribution >= 0.6 is 27.5 Å². The van der Waals surface area contributed by atoms with Gasteiger partial charge in [0.15, 0.2) is 0 Å². The largest absolute Gasteiger partial charge is 0.310 e. The minimum absolute atomic E-state index is 0.252. The maximum atomic E-state index is 14.1. The second-order valence-electron chi connectivity index (χ2n) is 4.94. The fourth-order valence-corrected chi connectivity index (χ4v) is 2.47. The molecule has 2 aromatic carbocycles. The molecule has 0 spiro atoms. The van der Waals surface area contributed by atoms with Gasteiger partial charge < -0.3 is 5.32 Å². The standard InChI is InChI=1S/C16H16BrClFN/c1-10(2)20-9-12-8-11(6-7-15(12)18)13-4-3-5-14(17)16(13)19/h3-8,10,20H,9H2,1-2H3. The minimum Gasteiger partial charge on any atom is -0.310 e. The molecule has 106 valence electrons. The first-order valence-corrected chi connectivity index (χ1v) is 7.62. The van der Waals surface area contributed by atoms with Crippen molar-refractivity contribution in [2.75, 3.05) is 0 Å². The van der Waals surface area contributed by atoms with Gasteiger partial charge >= 0.3 is 0 Å². The molecule has 2 rings (SSSR count). The molecule has 0 aliphatic rings. The van der Waals surface area contributed by atoms with Crippen molar-refractivity contribution in [3.05, 3.63) is 57.3 Å². The van der Waals surface area contributed by atoms with Crippen LogP contribution in [0.15, 0.2) is 40.9 Å². The van der Waals surface area contributed by atoms with Crippen LogP contribution in [-0.2, 0) is 6.54 Å². The van der Waals surface area contributed by atoms with Crippen LogP contribution in [0.2, 0.25) is 5.02 Å². The monoisotopic (exact) mass is 355 g/mol. The topological polar surface area (TPSA) is 12.0 Å². The van der Waals surface area contributed by atoms with Gasteiger partial charge in [0, 0.05) is 23.2 Å². The third kappa shape index (κ3) is 3.60. The predicted octanol–water partition coefficient (Wildman–Crippen LogP) is 5.41. The molecule has 0 saturated carbocycles. The highest BCUT2D eigenvalue weighted by molar-refractivity contribution is 9.10. The quantitative estimate of drug-likeness (QED) is 0.772. The molecule has 0 fully saturated rings. The number of benzene rings is 2. The molecule has 0 bridgehead atoms. The van der Waals surface area contributed by atoms with Gasteiger partial charge in [-0.2, -0.15) is 0 Å². The van der Waals surface area contributed by atoms with E-state index in [0.29, 0.717) is 27.6 Å². The van der Waals surface area contributed by atoms with E-state index in [1.807, 2.05) is 24.3 Å². The van der Waals surface area contributed by atoms with Gasteiger partial charge in [-0.1, -0.05) is 43.6 Å². The Hall–Kier alpha value is -0.900. The van der Waals surface area contributed by atoms with Crippen molar-refractivity contribution in [3.63, 3.8) is 0 Å². The van der Waals surface area contributed by atoms with E-state index in [2.05, 4.69) is 35.1 Å². The summed E-state index contributed by atoms with van der Waals surface area (Å²) in [7, 11) is 0. The molecular weight excluding hydrogens is 341 g/mol. The maximum Gasteiger partial charge on any atom is 0.145 e. The minimum atomic E-state index is -0.252. The normalized spacial score (nSPS) is 11.1. The fourth-order valence-electron chi connectivity index (χ4n) is 1.92. The molecule has 0 radical (unpaired) electrons. The average Bonchev–Trinajstić information content (AvgIpc) is 2.41. The maximum absolute atomic E-state index is 14.1. The van der Waals surface area contributed by atoms with Crippen LogP contribution < -0.4 is 5.32 Å². The zero-order valence-corrected chi connectivity index (χ0v) is 13.7. The van der Waals surface area contributed by atoms with Crippen molar-refractivity contribution in [3.8, 4) is 11.1 Å². The first-order valence-electron chi connectivity index (χ1n) is 6.45. The van der Waals surface area contributed by atoms with Gasteiger partial charge in [0.05, 0.1) is 4.47 Å². The number of hydrogen-bond acceptors (Lipinski definition) is 1. The second kappa shape index (κ2) is 6.70. The lowest BCUT2D eigenvalue weighted by Gasteiger charge is -2.12. The van der Waals surface area contributed by atoms with Gasteiger partial charge in [-0.25, -0.2) is 4.39 Å². The summed E-state index contributed by atoms with van der Waals surface area (Å²) in [6, 6.07) is 11.2. The molecule has 1 nitrogen and oxygen atoms in total. The van der Waals surface area contributed by atoms with Crippen LogP contribution in [0.25, 0.3) is 11.1 Å².